The van der Waals surface area contributed by atoms with Crippen LogP contribution in [0.2, 0.25) is 0 Å². The van der Waals surface area contributed by atoms with Crippen LogP contribution in [0.5, 0.6) is 5.75 Å². The summed E-state index contributed by atoms with van der Waals surface area (Å²) in [5.41, 5.74) is 3.06. The largest absolute Gasteiger partial charge is 0.481 e. The molecule has 2 aromatic carbocycles. The van der Waals surface area contributed by atoms with E-state index in [4.69, 9.17) is 9.47 Å². The number of hydrogen-bond donors (Lipinski definition) is 1. The summed E-state index contributed by atoms with van der Waals surface area (Å²) in [5.74, 6) is -0.0567. The van der Waals surface area contributed by atoms with Crippen LogP contribution in [-0.2, 0) is 9.53 Å². The van der Waals surface area contributed by atoms with Crippen LogP contribution in [-0.4, -0.2) is 24.6 Å². The van der Waals surface area contributed by atoms with Crippen LogP contribution in [0.4, 0.5) is 5.69 Å². The summed E-state index contributed by atoms with van der Waals surface area (Å²) >= 11 is 0. The van der Waals surface area contributed by atoms with Crippen LogP contribution in [0.25, 0.3) is 0 Å². The van der Waals surface area contributed by atoms with Gasteiger partial charge < -0.3 is 14.8 Å². The van der Waals surface area contributed by atoms with E-state index in [9.17, 15) is 9.59 Å². The highest BCUT2D eigenvalue weighted by molar-refractivity contribution is 5.96. The Morgan fingerprint density at radius 1 is 1.08 bits per heavy atom. The van der Waals surface area contributed by atoms with E-state index in [2.05, 4.69) is 5.32 Å². The standard InChI is InChI=1S/C20H23NO4/c1-5-24-20(23)16-7-6-8-17(12-16)21-19(22)15(4)25-18-10-13(2)9-14(3)11-18/h6-12,15H,5H2,1-4H3,(H,21,22)/t15-/m0/s1. The number of carbonyl (C=O) groups excluding carboxylic acids is 2. The van der Waals surface area contributed by atoms with Gasteiger partial charge >= 0.3 is 5.97 Å². The molecular formula is C20H23NO4. The van der Waals surface area contributed by atoms with Gasteiger partial charge in [0.15, 0.2) is 6.10 Å². The predicted octanol–water partition coefficient (Wildman–Crippen LogP) is 3.89. The molecule has 0 saturated heterocycles. The molecule has 1 amide bonds. The molecule has 5 heteroatoms. The Labute approximate surface area is 148 Å². The average Bonchev–Trinajstić information content (AvgIpc) is 2.54. The molecule has 0 aromatic heterocycles. The van der Waals surface area contributed by atoms with Gasteiger partial charge in [-0.15, -0.1) is 0 Å². The van der Waals surface area contributed by atoms with Crippen molar-refractivity contribution in [3.8, 4) is 5.75 Å². The minimum absolute atomic E-state index is 0.292. The van der Waals surface area contributed by atoms with E-state index in [1.54, 1.807) is 38.1 Å². The number of esters is 1. The minimum Gasteiger partial charge on any atom is -0.481 e. The van der Waals surface area contributed by atoms with Crippen molar-refractivity contribution in [2.45, 2.75) is 33.8 Å². The Morgan fingerprint density at radius 2 is 1.76 bits per heavy atom. The van der Waals surface area contributed by atoms with Crippen molar-refractivity contribution in [1.82, 2.24) is 0 Å². The monoisotopic (exact) mass is 341 g/mol. The van der Waals surface area contributed by atoms with Gasteiger partial charge in [-0.3, -0.25) is 4.79 Å². The molecule has 0 bridgehead atoms. The highest BCUT2D eigenvalue weighted by Gasteiger charge is 2.16. The highest BCUT2D eigenvalue weighted by Crippen LogP contribution is 2.18. The van der Waals surface area contributed by atoms with Crippen LogP contribution in [0.1, 0.15) is 35.3 Å². The third kappa shape index (κ3) is 5.35. The van der Waals surface area contributed by atoms with Gasteiger partial charge in [-0.2, -0.15) is 0 Å². The molecule has 132 valence electrons. The van der Waals surface area contributed by atoms with E-state index in [1.165, 1.54) is 0 Å². The van der Waals surface area contributed by atoms with Crippen LogP contribution in [0.3, 0.4) is 0 Å². The Bertz CT molecular complexity index is 750. The second-order valence-corrected chi connectivity index (χ2v) is 5.87. The lowest BCUT2D eigenvalue weighted by molar-refractivity contribution is -0.122. The zero-order valence-electron chi connectivity index (χ0n) is 15.0. The molecule has 2 rings (SSSR count). The normalized spacial score (nSPS) is 11.5. The maximum Gasteiger partial charge on any atom is 0.338 e. The molecule has 0 aliphatic heterocycles. The Balaban J connectivity index is 2.03. The molecule has 0 fully saturated rings. The van der Waals surface area contributed by atoms with E-state index in [-0.39, 0.29) is 5.91 Å². The maximum atomic E-state index is 12.3. The van der Waals surface area contributed by atoms with Crippen LogP contribution in [0, 0.1) is 13.8 Å². The molecule has 1 atom stereocenters. The van der Waals surface area contributed by atoms with E-state index in [0.717, 1.165) is 11.1 Å². The van der Waals surface area contributed by atoms with Gasteiger partial charge in [0.2, 0.25) is 0 Å². The molecule has 2 aromatic rings. The fourth-order valence-electron chi connectivity index (χ4n) is 2.44. The number of ether oxygens (including phenoxy) is 2. The summed E-state index contributed by atoms with van der Waals surface area (Å²) in [6, 6.07) is 12.4. The van der Waals surface area contributed by atoms with E-state index in [1.807, 2.05) is 32.0 Å². The molecule has 25 heavy (non-hydrogen) atoms. The lowest BCUT2D eigenvalue weighted by atomic mass is 10.1. The Kier molecular flexibility index (Phi) is 6.17. The van der Waals surface area contributed by atoms with Gasteiger partial charge in [-0.25, -0.2) is 4.79 Å². The fourth-order valence-corrected chi connectivity index (χ4v) is 2.44. The summed E-state index contributed by atoms with van der Waals surface area (Å²) in [6.07, 6.45) is -0.674. The maximum absolute atomic E-state index is 12.3. The van der Waals surface area contributed by atoms with Gasteiger partial charge in [0, 0.05) is 5.69 Å². The number of benzene rings is 2. The highest BCUT2D eigenvalue weighted by atomic mass is 16.5. The van der Waals surface area contributed by atoms with Crippen molar-refractivity contribution in [2.24, 2.45) is 0 Å². The number of amides is 1. The van der Waals surface area contributed by atoms with Gasteiger partial charge in [-0.1, -0.05) is 12.1 Å². The molecule has 0 aliphatic rings. The summed E-state index contributed by atoms with van der Waals surface area (Å²) in [5, 5.41) is 2.76. The number of rotatable bonds is 6. The molecular weight excluding hydrogens is 318 g/mol. The SMILES string of the molecule is CCOC(=O)c1cccc(NC(=O)[C@H](C)Oc2cc(C)cc(C)c2)c1. The number of hydrogen-bond acceptors (Lipinski definition) is 4. The van der Waals surface area contributed by atoms with Gasteiger partial charge in [0.05, 0.1) is 12.2 Å². The van der Waals surface area contributed by atoms with Gasteiger partial charge in [0.25, 0.3) is 5.91 Å². The third-order valence-corrected chi connectivity index (χ3v) is 3.52. The first-order valence-corrected chi connectivity index (χ1v) is 8.22. The smallest absolute Gasteiger partial charge is 0.338 e. The fraction of sp³-hybridized carbons (Fsp3) is 0.300. The lowest BCUT2D eigenvalue weighted by Crippen LogP contribution is -2.30. The van der Waals surface area contributed by atoms with E-state index in [0.29, 0.717) is 23.6 Å². The van der Waals surface area contributed by atoms with Crippen molar-refractivity contribution in [3.05, 3.63) is 59.2 Å². The number of nitrogens with one attached hydrogen (secondary N) is 1. The molecule has 5 nitrogen and oxygen atoms in total. The first-order chi connectivity index (χ1) is 11.9. The average molecular weight is 341 g/mol. The second kappa shape index (κ2) is 8.33. The summed E-state index contributed by atoms with van der Waals surface area (Å²) in [4.78, 5) is 24.1. The first kappa shape index (κ1) is 18.5. The van der Waals surface area contributed by atoms with Crippen molar-refractivity contribution in [1.29, 1.82) is 0 Å². The first-order valence-electron chi connectivity index (χ1n) is 8.22. The van der Waals surface area contributed by atoms with Crippen molar-refractivity contribution >= 4 is 17.6 Å². The van der Waals surface area contributed by atoms with Crippen molar-refractivity contribution in [2.75, 3.05) is 11.9 Å². The topological polar surface area (TPSA) is 64.6 Å². The molecule has 0 saturated carbocycles. The number of aryl methyl sites for hydroxylation is 2. The molecule has 0 spiro atoms. The molecule has 0 heterocycles. The summed E-state index contributed by atoms with van der Waals surface area (Å²) in [6.45, 7) is 7.69. The summed E-state index contributed by atoms with van der Waals surface area (Å²) < 4.78 is 10.7. The number of carbonyl (C=O) groups is 2. The molecule has 0 aliphatic carbocycles. The molecule has 0 radical (unpaired) electrons. The molecule has 0 unspecified atom stereocenters. The van der Waals surface area contributed by atoms with Crippen LogP contribution in [0.15, 0.2) is 42.5 Å². The van der Waals surface area contributed by atoms with Crippen molar-refractivity contribution < 1.29 is 19.1 Å². The van der Waals surface area contributed by atoms with E-state index >= 15 is 0 Å². The minimum atomic E-state index is -0.674. The van der Waals surface area contributed by atoms with Crippen LogP contribution >= 0.6 is 0 Å². The number of anilines is 1. The second-order valence-electron chi connectivity index (χ2n) is 5.87. The lowest BCUT2D eigenvalue weighted by Gasteiger charge is -2.16. The Morgan fingerprint density at radius 3 is 2.40 bits per heavy atom. The van der Waals surface area contributed by atoms with Gasteiger partial charge in [-0.05, 0) is 69.2 Å². The summed E-state index contributed by atoms with van der Waals surface area (Å²) in [7, 11) is 0. The quantitative estimate of drug-likeness (QED) is 0.810. The zero-order valence-corrected chi connectivity index (χ0v) is 15.0. The predicted molar refractivity (Wildman–Crippen MR) is 97.0 cm³/mol. The van der Waals surface area contributed by atoms with Crippen LogP contribution < -0.4 is 10.1 Å². The van der Waals surface area contributed by atoms with Crippen molar-refractivity contribution in [3.63, 3.8) is 0 Å². The Hall–Kier alpha value is -2.82. The van der Waals surface area contributed by atoms with Gasteiger partial charge in [0.1, 0.15) is 5.75 Å². The van der Waals surface area contributed by atoms with E-state index < -0.39 is 12.1 Å². The zero-order chi connectivity index (χ0) is 18.4. The molecule has 1 N–H and O–H groups in total. The third-order valence-electron chi connectivity index (χ3n) is 3.52.